The van der Waals surface area contributed by atoms with Crippen molar-refractivity contribution in [3.63, 3.8) is 0 Å². The number of benzene rings is 2. The lowest BCUT2D eigenvalue weighted by Gasteiger charge is -2.11. The minimum absolute atomic E-state index is 0.0273. The number of anilines is 1. The molecule has 0 aliphatic heterocycles. The monoisotopic (exact) mass is 360 g/mol. The zero-order valence-corrected chi connectivity index (χ0v) is 13.4. The quantitative estimate of drug-likeness (QED) is 0.885. The summed E-state index contributed by atoms with van der Waals surface area (Å²) in [6.45, 7) is 0. The van der Waals surface area contributed by atoms with Crippen LogP contribution in [0.25, 0.3) is 0 Å². The molecule has 0 atom stereocenters. The van der Waals surface area contributed by atoms with Gasteiger partial charge < -0.3 is 0 Å². The molecule has 21 heavy (non-hydrogen) atoms. The van der Waals surface area contributed by atoms with E-state index in [1.807, 2.05) is 6.07 Å². The first-order valence-corrected chi connectivity index (χ1v) is 8.13. The van der Waals surface area contributed by atoms with Gasteiger partial charge in [-0.15, -0.1) is 0 Å². The van der Waals surface area contributed by atoms with E-state index in [-0.39, 0.29) is 31.2 Å². The molecule has 0 radical (unpaired) electrons. The van der Waals surface area contributed by atoms with Gasteiger partial charge >= 0.3 is 0 Å². The third-order valence-corrected chi connectivity index (χ3v) is 4.93. The lowest BCUT2D eigenvalue weighted by atomic mass is 10.2. The van der Waals surface area contributed by atoms with Crippen LogP contribution in [-0.2, 0) is 10.0 Å². The van der Waals surface area contributed by atoms with Crippen molar-refractivity contribution in [3.8, 4) is 6.07 Å². The standard InChI is InChI=1S/C13H7Cl3N2O2S/c14-9-2-4-11(16)13(6-9)21(19,20)18-12-5-8(7-17)1-3-10(12)15/h1-6,18H. The van der Waals surface area contributed by atoms with Crippen LogP contribution >= 0.6 is 34.8 Å². The normalized spacial score (nSPS) is 11.0. The molecule has 0 aliphatic rings. The summed E-state index contributed by atoms with van der Waals surface area (Å²) in [5.74, 6) is 0. The van der Waals surface area contributed by atoms with Crippen LogP contribution in [0.15, 0.2) is 41.3 Å². The summed E-state index contributed by atoms with van der Waals surface area (Å²) in [6, 6.07) is 10.2. The summed E-state index contributed by atoms with van der Waals surface area (Å²) in [7, 11) is -3.97. The van der Waals surface area contributed by atoms with Gasteiger partial charge in [0.15, 0.2) is 0 Å². The predicted octanol–water partition coefficient (Wildman–Crippen LogP) is 4.32. The molecule has 0 fully saturated rings. The largest absolute Gasteiger partial charge is 0.278 e. The van der Waals surface area contributed by atoms with E-state index in [0.29, 0.717) is 0 Å². The van der Waals surface area contributed by atoms with Crippen LogP contribution in [0.3, 0.4) is 0 Å². The summed E-state index contributed by atoms with van der Waals surface area (Å²) < 4.78 is 27.0. The molecule has 0 aliphatic carbocycles. The summed E-state index contributed by atoms with van der Waals surface area (Å²) in [5, 5.41) is 9.26. The van der Waals surface area contributed by atoms with E-state index in [1.54, 1.807) is 0 Å². The Labute approximate surface area is 136 Å². The first kappa shape index (κ1) is 15.9. The van der Waals surface area contributed by atoms with E-state index in [2.05, 4.69) is 4.72 Å². The van der Waals surface area contributed by atoms with E-state index in [9.17, 15) is 8.42 Å². The molecule has 2 aromatic carbocycles. The smallest absolute Gasteiger partial charge is 0.263 e. The number of nitrogens with one attached hydrogen (secondary N) is 1. The third kappa shape index (κ3) is 3.60. The van der Waals surface area contributed by atoms with Crippen LogP contribution in [-0.4, -0.2) is 8.42 Å². The van der Waals surface area contributed by atoms with Gasteiger partial charge in [-0.1, -0.05) is 34.8 Å². The van der Waals surface area contributed by atoms with Crippen molar-refractivity contribution in [2.75, 3.05) is 4.72 Å². The lowest BCUT2D eigenvalue weighted by molar-refractivity contribution is 0.601. The maximum Gasteiger partial charge on any atom is 0.263 e. The number of nitrogens with zero attached hydrogens (tertiary/aromatic N) is 1. The number of sulfonamides is 1. The third-order valence-electron chi connectivity index (χ3n) is 2.52. The number of hydrogen-bond donors (Lipinski definition) is 1. The van der Waals surface area contributed by atoms with Gasteiger partial charge in [0.1, 0.15) is 4.90 Å². The molecule has 2 aromatic rings. The van der Waals surface area contributed by atoms with Crippen molar-refractivity contribution in [2.45, 2.75) is 4.90 Å². The Bertz CT molecular complexity index is 845. The van der Waals surface area contributed by atoms with Crippen LogP contribution in [0.1, 0.15) is 5.56 Å². The van der Waals surface area contributed by atoms with Crippen LogP contribution < -0.4 is 4.72 Å². The van der Waals surface area contributed by atoms with Crippen LogP contribution in [0.2, 0.25) is 15.1 Å². The van der Waals surface area contributed by atoms with E-state index >= 15 is 0 Å². The van der Waals surface area contributed by atoms with Gasteiger partial charge in [-0.25, -0.2) is 8.42 Å². The fourth-order valence-electron chi connectivity index (χ4n) is 1.56. The lowest BCUT2D eigenvalue weighted by Crippen LogP contribution is -2.14. The van der Waals surface area contributed by atoms with Crippen molar-refractivity contribution in [3.05, 3.63) is 57.0 Å². The highest BCUT2D eigenvalue weighted by Crippen LogP contribution is 2.29. The predicted molar refractivity (Wildman–Crippen MR) is 83.4 cm³/mol. The molecule has 0 amide bonds. The Kier molecular flexibility index (Phi) is 4.64. The first-order chi connectivity index (χ1) is 9.83. The van der Waals surface area contributed by atoms with Crippen molar-refractivity contribution in [1.29, 1.82) is 5.26 Å². The minimum Gasteiger partial charge on any atom is -0.278 e. The second-order valence-electron chi connectivity index (χ2n) is 3.99. The molecular weight excluding hydrogens is 355 g/mol. The fourth-order valence-corrected chi connectivity index (χ4v) is 3.61. The summed E-state index contributed by atoms with van der Waals surface area (Å²) in [6.07, 6.45) is 0. The van der Waals surface area contributed by atoms with Crippen molar-refractivity contribution < 1.29 is 8.42 Å². The molecule has 0 saturated heterocycles. The first-order valence-electron chi connectivity index (χ1n) is 5.51. The zero-order valence-electron chi connectivity index (χ0n) is 10.3. The Balaban J connectivity index is 2.47. The molecular formula is C13H7Cl3N2O2S. The van der Waals surface area contributed by atoms with Crippen LogP contribution in [0.4, 0.5) is 5.69 Å². The summed E-state index contributed by atoms with van der Waals surface area (Å²) in [5.41, 5.74) is 0.362. The van der Waals surface area contributed by atoms with Crippen LogP contribution in [0.5, 0.6) is 0 Å². The van der Waals surface area contributed by atoms with Crippen molar-refractivity contribution in [1.82, 2.24) is 0 Å². The maximum atomic E-state index is 12.3. The highest BCUT2D eigenvalue weighted by atomic mass is 35.5. The molecule has 8 heteroatoms. The average Bonchev–Trinajstić information content (AvgIpc) is 2.43. The number of rotatable bonds is 3. The topological polar surface area (TPSA) is 70.0 Å². The highest BCUT2D eigenvalue weighted by molar-refractivity contribution is 7.92. The van der Waals surface area contributed by atoms with Gasteiger partial charge in [0.05, 0.1) is 27.4 Å². The fraction of sp³-hybridized carbons (Fsp3) is 0. The molecule has 0 spiro atoms. The van der Waals surface area contributed by atoms with E-state index in [4.69, 9.17) is 40.1 Å². The minimum atomic E-state index is -3.97. The molecule has 1 N–H and O–H groups in total. The zero-order chi connectivity index (χ0) is 15.6. The summed E-state index contributed by atoms with van der Waals surface area (Å²) in [4.78, 5) is -0.171. The second-order valence-corrected chi connectivity index (χ2v) is 6.89. The Morgan fingerprint density at radius 1 is 1.00 bits per heavy atom. The van der Waals surface area contributed by atoms with Gasteiger partial charge in [0, 0.05) is 5.02 Å². The molecule has 4 nitrogen and oxygen atoms in total. The van der Waals surface area contributed by atoms with Gasteiger partial charge in [0.2, 0.25) is 0 Å². The van der Waals surface area contributed by atoms with E-state index in [0.717, 1.165) is 0 Å². The van der Waals surface area contributed by atoms with E-state index in [1.165, 1.54) is 36.4 Å². The van der Waals surface area contributed by atoms with Gasteiger partial charge in [-0.3, -0.25) is 4.72 Å². The maximum absolute atomic E-state index is 12.3. The van der Waals surface area contributed by atoms with Crippen molar-refractivity contribution >= 4 is 50.5 Å². The molecule has 0 unspecified atom stereocenters. The molecule has 0 aromatic heterocycles. The highest BCUT2D eigenvalue weighted by Gasteiger charge is 2.20. The van der Waals surface area contributed by atoms with Gasteiger partial charge in [0.25, 0.3) is 10.0 Å². The summed E-state index contributed by atoms with van der Waals surface area (Å²) >= 11 is 17.6. The van der Waals surface area contributed by atoms with Gasteiger partial charge in [-0.05, 0) is 36.4 Å². The molecule has 2 rings (SSSR count). The number of hydrogen-bond acceptors (Lipinski definition) is 3. The second kappa shape index (κ2) is 6.12. The van der Waals surface area contributed by atoms with E-state index < -0.39 is 10.0 Å². The molecule has 0 heterocycles. The Hall–Kier alpha value is -1.45. The van der Waals surface area contributed by atoms with Gasteiger partial charge in [-0.2, -0.15) is 5.26 Å². The number of halogens is 3. The number of nitriles is 1. The molecule has 0 saturated carbocycles. The van der Waals surface area contributed by atoms with Crippen molar-refractivity contribution in [2.24, 2.45) is 0 Å². The van der Waals surface area contributed by atoms with Crippen LogP contribution in [0, 0.1) is 11.3 Å². The Morgan fingerprint density at radius 3 is 2.33 bits per heavy atom. The SMILES string of the molecule is N#Cc1ccc(Cl)c(NS(=O)(=O)c2cc(Cl)ccc2Cl)c1. The molecule has 108 valence electrons. The average molecular weight is 362 g/mol. The molecule has 0 bridgehead atoms. The Morgan fingerprint density at radius 2 is 1.67 bits per heavy atom.